The Bertz CT molecular complexity index is 1880. The first-order valence-corrected chi connectivity index (χ1v) is 12.3. The van der Waals surface area contributed by atoms with E-state index >= 15 is 0 Å². The molecule has 0 saturated carbocycles. The van der Waals surface area contributed by atoms with Crippen LogP contribution in [0.4, 0.5) is 0 Å². The Morgan fingerprint density at radius 3 is 2.29 bits per heavy atom. The van der Waals surface area contributed by atoms with Crippen molar-refractivity contribution in [1.29, 1.82) is 0 Å². The number of benzene rings is 5. The molecule has 6 aromatic rings. The third-order valence-electron chi connectivity index (χ3n) is 8.42. The summed E-state index contributed by atoms with van der Waals surface area (Å²) in [5.41, 5.74) is 18.8. The fourth-order valence-electron chi connectivity index (χ4n) is 7.13. The lowest BCUT2D eigenvalue weighted by Crippen LogP contribution is -2.08. The smallest absolute Gasteiger partial charge is 0.0583 e. The van der Waals surface area contributed by atoms with Crippen LogP contribution in [-0.2, 0) is 19.3 Å². The zero-order valence-corrected chi connectivity index (χ0v) is 18.7. The number of aromatic nitrogens is 1. The molecule has 0 saturated heterocycles. The normalized spacial score (nSPS) is 14.1. The van der Waals surface area contributed by atoms with Gasteiger partial charge in [0.25, 0.3) is 0 Å². The van der Waals surface area contributed by atoms with Crippen LogP contribution in [0.5, 0.6) is 0 Å². The molecule has 1 nitrogen and oxygen atoms in total. The predicted molar refractivity (Wildman–Crippen MR) is 140 cm³/mol. The number of para-hydroxylation sites is 2. The van der Waals surface area contributed by atoms with E-state index in [4.69, 9.17) is 0 Å². The third-order valence-corrected chi connectivity index (χ3v) is 8.42. The van der Waals surface area contributed by atoms with Crippen LogP contribution in [0.2, 0.25) is 0 Å². The quantitative estimate of drug-likeness (QED) is 0.231. The summed E-state index contributed by atoms with van der Waals surface area (Å²) in [6.07, 6.45) is 3.09. The summed E-state index contributed by atoms with van der Waals surface area (Å²) in [6, 6.07) is 34.2. The van der Waals surface area contributed by atoms with E-state index in [2.05, 4.69) is 95.6 Å². The van der Waals surface area contributed by atoms with Crippen molar-refractivity contribution in [3.8, 4) is 27.9 Å². The Morgan fingerprint density at radius 2 is 1.32 bits per heavy atom. The minimum atomic E-state index is 1.01. The monoisotopic (exact) mass is 431 g/mol. The maximum absolute atomic E-state index is 2.54. The number of fused-ring (bicyclic) bond motifs is 13. The van der Waals surface area contributed by atoms with Gasteiger partial charge in [-0.1, -0.05) is 78.9 Å². The molecule has 0 radical (unpaired) electrons. The van der Waals surface area contributed by atoms with Gasteiger partial charge >= 0.3 is 0 Å². The summed E-state index contributed by atoms with van der Waals surface area (Å²) in [5.74, 6) is 0. The molecular weight excluding hydrogens is 410 g/mol. The van der Waals surface area contributed by atoms with Gasteiger partial charge in [0.15, 0.2) is 0 Å². The van der Waals surface area contributed by atoms with E-state index in [1.807, 2.05) is 0 Å². The summed E-state index contributed by atoms with van der Waals surface area (Å²) >= 11 is 0. The topological polar surface area (TPSA) is 4.93 Å². The Kier molecular flexibility index (Phi) is 3.00. The van der Waals surface area contributed by atoms with Crippen molar-refractivity contribution in [3.05, 3.63) is 124 Å². The number of rotatable bonds is 0. The van der Waals surface area contributed by atoms with Crippen LogP contribution < -0.4 is 0 Å². The highest BCUT2D eigenvalue weighted by atomic mass is 15.0. The standard InChI is InChI=1S/C33H21N/c1-3-9-24-19(7-1)18-27-25(24)14-13-21-16-22-17-23-15-20-8-2-5-11-28(20)34-29-12-6-4-10-26(29)32(33(23)34)31(22)30(21)27/h1-14,17H,15-16,18H2. The Morgan fingerprint density at radius 1 is 0.529 bits per heavy atom. The third kappa shape index (κ3) is 1.94. The van der Waals surface area contributed by atoms with E-state index in [0.29, 0.717) is 0 Å². The fourth-order valence-corrected chi connectivity index (χ4v) is 7.13. The van der Waals surface area contributed by atoms with Crippen molar-refractivity contribution < 1.29 is 0 Å². The minimum Gasteiger partial charge on any atom is -0.309 e. The van der Waals surface area contributed by atoms with Gasteiger partial charge in [-0.25, -0.2) is 0 Å². The average Bonchev–Trinajstić information content (AvgIpc) is 3.54. The highest BCUT2D eigenvalue weighted by Gasteiger charge is 2.33. The maximum atomic E-state index is 2.54. The van der Waals surface area contributed by atoms with Crippen molar-refractivity contribution in [2.24, 2.45) is 0 Å². The zero-order chi connectivity index (χ0) is 22.0. The maximum Gasteiger partial charge on any atom is 0.0583 e. The molecule has 0 atom stereocenters. The fraction of sp³-hybridized carbons (Fsp3) is 0.0909. The lowest BCUT2D eigenvalue weighted by Gasteiger charge is -2.22. The summed E-state index contributed by atoms with van der Waals surface area (Å²) in [7, 11) is 0. The molecule has 0 N–H and O–H groups in total. The molecule has 9 rings (SSSR count). The van der Waals surface area contributed by atoms with E-state index in [1.54, 1.807) is 0 Å². The van der Waals surface area contributed by atoms with E-state index < -0.39 is 0 Å². The first-order chi connectivity index (χ1) is 16.9. The molecule has 1 aromatic heterocycles. The second kappa shape index (κ2) is 5.87. The molecule has 3 aliphatic rings. The molecule has 1 aliphatic heterocycles. The summed E-state index contributed by atoms with van der Waals surface area (Å²) in [6.45, 7) is 0. The van der Waals surface area contributed by atoms with Crippen molar-refractivity contribution in [2.45, 2.75) is 19.3 Å². The number of hydrogen-bond acceptors (Lipinski definition) is 0. The van der Waals surface area contributed by atoms with E-state index in [-0.39, 0.29) is 0 Å². The van der Waals surface area contributed by atoms with Crippen molar-refractivity contribution in [3.63, 3.8) is 0 Å². The van der Waals surface area contributed by atoms with Gasteiger partial charge in [-0.2, -0.15) is 0 Å². The Balaban J connectivity index is 1.46. The van der Waals surface area contributed by atoms with Gasteiger partial charge in [-0.3, -0.25) is 0 Å². The van der Waals surface area contributed by atoms with Crippen LogP contribution in [-0.4, -0.2) is 4.57 Å². The molecule has 0 spiro atoms. The minimum absolute atomic E-state index is 1.01. The van der Waals surface area contributed by atoms with Crippen molar-refractivity contribution >= 4 is 21.8 Å². The van der Waals surface area contributed by atoms with Crippen molar-refractivity contribution in [2.75, 3.05) is 0 Å². The molecule has 0 unspecified atom stereocenters. The largest absolute Gasteiger partial charge is 0.309 e. The van der Waals surface area contributed by atoms with Crippen LogP contribution in [0.25, 0.3) is 49.7 Å². The Labute approximate surface area is 197 Å². The molecule has 158 valence electrons. The van der Waals surface area contributed by atoms with Gasteiger partial charge in [0.05, 0.1) is 11.0 Å². The number of hydrogen-bond donors (Lipinski definition) is 0. The summed E-state index contributed by atoms with van der Waals surface area (Å²) in [4.78, 5) is 0. The molecule has 2 heterocycles. The van der Waals surface area contributed by atoms with Crippen LogP contribution >= 0.6 is 0 Å². The van der Waals surface area contributed by atoms with Gasteiger partial charge in [0.2, 0.25) is 0 Å². The van der Waals surface area contributed by atoms with Gasteiger partial charge in [0, 0.05) is 22.9 Å². The second-order valence-electron chi connectivity index (χ2n) is 10.1. The first-order valence-electron chi connectivity index (χ1n) is 12.3. The second-order valence-corrected chi connectivity index (χ2v) is 10.1. The Hall–Kier alpha value is -4.10. The summed E-state index contributed by atoms with van der Waals surface area (Å²) in [5, 5.41) is 2.84. The van der Waals surface area contributed by atoms with Gasteiger partial charge in [-0.15, -0.1) is 0 Å². The van der Waals surface area contributed by atoms with E-state index in [9.17, 15) is 0 Å². The van der Waals surface area contributed by atoms with Crippen LogP contribution in [0, 0.1) is 0 Å². The zero-order valence-electron chi connectivity index (χ0n) is 18.7. The van der Waals surface area contributed by atoms with Crippen LogP contribution in [0.15, 0.2) is 91.0 Å². The van der Waals surface area contributed by atoms with Crippen LogP contribution in [0.1, 0.15) is 33.4 Å². The summed E-state index contributed by atoms with van der Waals surface area (Å²) < 4.78 is 2.54. The SMILES string of the molecule is c1ccc2c(c1)Cc1c-2ccc2c1-c1c(cc3c4c1c1ccccc1n4-c1ccccc1C3)C2. The number of nitrogens with zero attached hydrogens (tertiary/aromatic N) is 1. The molecular formula is C33H21N. The highest BCUT2D eigenvalue weighted by molar-refractivity contribution is 6.19. The molecule has 0 bridgehead atoms. The average molecular weight is 432 g/mol. The molecule has 34 heavy (non-hydrogen) atoms. The lowest BCUT2D eigenvalue weighted by atomic mass is 9.89. The predicted octanol–water partition coefficient (Wildman–Crippen LogP) is 7.83. The molecule has 0 fully saturated rings. The van der Waals surface area contributed by atoms with Gasteiger partial charge < -0.3 is 4.57 Å². The van der Waals surface area contributed by atoms with E-state index in [0.717, 1.165) is 19.3 Å². The van der Waals surface area contributed by atoms with Gasteiger partial charge in [0.1, 0.15) is 0 Å². The first kappa shape index (κ1) is 17.4. The van der Waals surface area contributed by atoms with Gasteiger partial charge in [-0.05, 0) is 80.6 Å². The molecule has 0 amide bonds. The molecule has 5 aromatic carbocycles. The highest BCUT2D eigenvalue weighted by Crippen LogP contribution is 2.53. The molecule has 1 heteroatoms. The molecule has 2 aliphatic carbocycles. The van der Waals surface area contributed by atoms with Crippen LogP contribution in [0.3, 0.4) is 0 Å². The van der Waals surface area contributed by atoms with E-state index in [1.165, 1.54) is 83.1 Å². The lowest BCUT2D eigenvalue weighted by molar-refractivity contribution is 1.04. The van der Waals surface area contributed by atoms with Crippen molar-refractivity contribution in [1.82, 2.24) is 4.57 Å².